The number of hydrogen-bond acceptors (Lipinski definition) is 2. The average Bonchev–Trinajstić information content (AvgIpc) is 2.17. The number of carboxylic acids is 1. The van der Waals surface area contributed by atoms with E-state index in [9.17, 15) is 9.18 Å². The van der Waals surface area contributed by atoms with Crippen LogP contribution < -0.4 is 4.74 Å². The molecule has 0 aliphatic carbocycles. The fraction of sp³-hybridized carbons (Fsp3) is 0.364. The van der Waals surface area contributed by atoms with Gasteiger partial charge in [0.2, 0.25) is 0 Å². The molecule has 0 amide bonds. The Morgan fingerprint density at radius 1 is 1.60 bits per heavy atom. The minimum Gasteiger partial charge on any atom is -0.494 e. The van der Waals surface area contributed by atoms with Gasteiger partial charge in [0.25, 0.3) is 0 Å². The molecule has 0 aromatic heterocycles. The Morgan fingerprint density at radius 2 is 2.27 bits per heavy atom. The van der Waals surface area contributed by atoms with Gasteiger partial charge in [0.1, 0.15) is 0 Å². The van der Waals surface area contributed by atoms with Gasteiger partial charge in [0.15, 0.2) is 11.6 Å². The second kappa shape index (κ2) is 4.77. The molecule has 3 nitrogen and oxygen atoms in total. The fourth-order valence-corrected chi connectivity index (χ4v) is 1.36. The normalized spacial score (nSPS) is 12.2. The van der Waals surface area contributed by atoms with Gasteiger partial charge in [-0.1, -0.05) is 13.0 Å². The molecule has 0 saturated heterocycles. The zero-order chi connectivity index (χ0) is 11.4. The van der Waals surface area contributed by atoms with Crippen molar-refractivity contribution in [1.29, 1.82) is 0 Å². The predicted molar refractivity (Wildman–Crippen MR) is 53.6 cm³/mol. The van der Waals surface area contributed by atoms with Gasteiger partial charge in [-0.2, -0.15) is 0 Å². The maximum absolute atomic E-state index is 13.1. The molecule has 0 bridgehead atoms. The Kier molecular flexibility index (Phi) is 3.66. The van der Waals surface area contributed by atoms with Gasteiger partial charge in [-0.3, -0.25) is 4.79 Å². The molecule has 1 aromatic carbocycles. The summed E-state index contributed by atoms with van der Waals surface area (Å²) in [5.74, 6) is -1.32. The van der Waals surface area contributed by atoms with E-state index in [2.05, 4.69) is 0 Å². The summed E-state index contributed by atoms with van der Waals surface area (Å²) in [6.45, 7) is 1.78. The minimum atomic E-state index is -0.870. The number of halogens is 1. The summed E-state index contributed by atoms with van der Waals surface area (Å²) in [5.41, 5.74) is 0.760. The van der Waals surface area contributed by atoms with Crippen LogP contribution in [0.2, 0.25) is 0 Å². The van der Waals surface area contributed by atoms with E-state index in [0.717, 1.165) is 5.56 Å². The van der Waals surface area contributed by atoms with E-state index in [1.807, 2.05) is 0 Å². The first-order valence-corrected chi connectivity index (χ1v) is 4.59. The van der Waals surface area contributed by atoms with Crippen LogP contribution in [-0.2, 0) is 4.79 Å². The summed E-state index contributed by atoms with van der Waals surface area (Å²) in [4.78, 5) is 10.5. The fourth-order valence-electron chi connectivity index (χ4n) is 1.36. The van der Waals surface area contributed by atoms with E-state index in [4.69, 9.17) is 9.84 Å². The van der Waals surface area contributed by atoms with Gasteiger partial charge < -0.3 is 9.84 Å². The maximum atomic E-state index is 13.1. The molecule has 1 rings (SSSR count). The van der Waals surface area contributed by atoms with Crippen LogP contribution in [0.25, 0.3) is 0 Å². The van der Waals surface area contributed by atoms with Gasteiger partial charge in [-0.15, -0.1) is 0 Å². The third-order valence-corrected chi connectivity index (χ3v) is 2.23. The molecule has 1 unspecified atom stereocenters. The van der Waals surface area contributed by atoms with E-state index < -0.39 is 11.8 Å². The molecule has 82 valence electrons. The van der Waals surface area contributed by atoms with Crippen molar-refractivity contribution < 1.29 is 19.0 Å². The highest BCUT2D eigenvalue weighted by molar-refractivity contribution is 5.68. The molecule has 0 aliphatic heterocycles. The quantitative estimate of drug-likeness (QED) is 0.833. The van der Waals surface area contributed by atoms with Crippen LogP contribution in [0.1, 0.15) is 24.8 Å². The standard InChI is InChI=1S/C11H13FO3/c1-7(5-11(13)14)8-3-4-9(12)10(6-8)15-2/h3-4,6-7H,5H2,1-2H3,(H,13,14). The van der Waals surface area contributed by atoms with Crippen molar-refractivity contribution in [3.63, 3.8) is 0 Å². The zero-order valence-corrected chi connectivity index (χ0v) is 8.66. The largest absolute Gasteiger partial charge is 0.494 e. The van der Waals surface area contributed by atoms with Crippen LogP contribution in [-0.4, -0.2) is 18.2 Å². The monoisotopic (exact) mass is 212 g/mol. The zero-order valence-electron chi connectivity index (χ0n) is 8.66. The van der Waals surface area contributed by atoms with Crippen molar-refractivity contribution in [2.75, 3.05) is 7.11 Å². The Hall–Kier alpha value is -1.58. The average molecular weight is 212 g/mol. The lowest BCUT2D eigenvalue weighted by molar-refractivity contribution is -0.137. The number of rotatable bonds is 4. The molecular formula is C11H13FO3. The van der Waals surface area contributed by atoms with E-state index in [-0.39, 0.29) is 18.1 Å². The maximum Gasteiger partial charge on any atom is 0.303 e. The van der Waals surface area contributed by atoms with Gasteiger partial charge in [0.05, 0.1) is 13.5 Å². The molecule has 0 aliphatic rings. The van der Waals surface area contributed by atoms with Crippen LogP contribution in [0.5, 0.6) is 5.75 Å². The second-order valence-electron chi connectivity index (χ2n) is 3.39. The summed E-state index contributed by atoms with van der Waals surface area (Å²) in [7, 11) is 1.38. The lowest BCUT2D eigenvalue weighted by atomic mass is 9.98. The van der Waals surface area contributed by atoms with Crippen molar-refractivity contribution in [3.05, 3.63) is 29.6 Å². The predicted octanol–water partition coefficient (Wildman–Crippen LogP) is 2.41. The first kappa shape index (κ1) is 11.5. The highest BCUT2D eigenvalue weighted by Crippen LogP contribution is 2.25. The van der Waals surface area contributed by atoms with Crippen molar-refractivity contribution in [2.45, 2.75) is 19.3 Å². The van der Waals surface area contributed by atoms with Crippen LogP contribution >= 0.6 is 0 Å². The summed E-state index contributed by atoms with van der Waals surface area (Å²) >= 11 is 0. The SMILES string of the molecule is COc1cc(C(C)CC(=O)O)ccc1F. The number of ether oxygens (including phenoxy) is 1. The highest BCUT2D eigenvalue weighted by atomic mass is 19.1. The van der Waals surface area contributed by atoms with Gasteiger partial charge in [-0.05, 0) is 23.6 Å². The third kappa shape index (κ3) is 2.94. The molecule has 0 radical (unpaired) electrons. The molecule has 1 aromatic rings. The molecule has 0 saturated carbocycles. The summed E-state index contributed by atoms with van der Waals surface area (Å²) < 4.78 is 17.9. The first-order chi connectivity index (χ1) is 7.04. The van der Waals surface area contributed by atoms with Crippen molar-refractivity contribution >= 4 is 5.97 Å². The smallest absolute Gasteiger partial charge is 0.303 e. The van der Waals surface area contributed by atoms with Crippen LogP contribution in [0.3, 0.4) is 0 Å². The van der Waals surface area contributed by atoms with Crippen molar-refractivity contribution in [2.24, 2.45) is 0 Å². The van der Waals surface area contributed by atoms with Crippen molar-refractivity contribution in [1.82, 2.24) is 0 Å². The van der Waals surface area contributed by atoms with Crippen LogP contribution in [0.15, 0.2) is 18.2 Å². The van der Waals surface area contributed by atoms with Crippen LogP contribution in [0, 0.1) is 5.82 Å². The number of benzene rings is 1. The van der Waals surface area contributed by atoms with Gasteiger partial charge >= 0.3 is 5.97 Å². The third-order valence-electron chi connectivity index (χ3n) is 2.23. The molecular weight excluding hydrogens is 199 g/mol. The Balaban J connectivity index is 2.90. The number of aliphatic carboxylic acids is 1. The number of hydrogen-bond donors (Lipinski definition) is 1. The van der Waals surface area contributed by atoms with E-state index in [1.54, 1.807) is 13.0 Å². The number of carboxylic acid groups (broad SMARTS) is 1. The first-order valence-electron chi connectivity index (χ1n) is 4.59. The lowest BCUT2D eigenvalue weighted by Gasteiger charge is -2.10. The van der Waals surface area contributed by atoms with E-state index in [1.165, 1.54) is 19.2 Å². The molecule has 0 heterocycles. The molecule has 0 fully saturated rings. The summed E-state index contributed by atoms with van der Waals surface area (Å²) in [6, 6.07) is 4.39. The highest BCUT2D eigenvalue weighted by Gasteiger charge is 2.12. The van der Waals surface area contributed by atoms with Crippen LogP contribution in [0.4, 0.5) is 4.39 Å². The Bertz CT molecular complexity index is 363. The summed E-state index contributed by atoms with van der Waals surface area (Å²) in [5, 5.41) is 8.62. The Morgan fingerprint density at radius 3 is 2.80 bits per heavy atom. The molecule has 0 spiro atoms. The second-order valence-corrected chi connectivity index (χ2v) is 3.39. The van der Waals surface area contributed by atoms with E-state index >= 15 is 0 Å². The summed E-state index contributed by atoms with van der Waals surface area (Å²) in [6.07, 6.45) is 0.0226. The molecule has 1 N–H and O–H groups in total. The number of methoxy groups -OCH3 is 1. The molecule has 1 atom stereocenters. The van der Waals surface area contributed by atoms with Crippen molar-refractivity contribution in [3.8, 4) is 5.75 Å². The Labute approximate surface area is 87.5 Å². The van der Waals surface area contributed by atoms with Gasteiger partial charge in [0, 0.05) is 0 Å². The van der Waals surface area contributed by atoms with E-state index in [0.29, 0.717) is 0 Å². The lowest BCUT2D eigenvalue weighted by Crippen LogP contribution is -2.03. The van der Waals surface area contributed by atoms with Gasteiger partial charge in [-0.25, -0.2) is 4.39 Å². The topological polar surface area (TPSA) is 46.5 Å². The minimum absolute atomic E-state index is 0.0226. The number of carbonyl (C=O) groups is 1. The molecule has 15 heavy (non-hydrogen) atoms. The molecule has 4 heteroatoms.